The molecule has 0 heterocycles. The third-order valence-electron chi connectivity index (χ3n) is 4.84. The Morgan fingerprint density at radius 2 is 1.20 bits per heavy atom. The van der Waals surface area contributed by atoms with Crippen LogP contribution >= 0.6 is 58.0 Å². The molecule has 3 aromatic carbocycles. The maximum absolute atomic E-state index is 12.4. The molecule has 0 aliphatic rings. The van der Waals surface area contributed by atoms with Gasteiger partial charge in [0.15, 0.2) is 0 Å². The number of halogens is 5. The van der Waals surface area contributed by atoms with E-state index in [2.05, 4.69) is 0 Å². The van der Waals surface area contributed by atoms with Crippen molar-refractivity contribution in [1.29, 1.82) is 0 Å². The van der Waals surface area contributed by atoms with Gasteiger partial charge >= 0.3 is 29.6 Å². The van der Waals surface area contributed by atoms with E-state index in [-0.39, 0.29) is 84.9 Å². The SMILES string of the molecule is CCOc1c(Cl)cc(Cl)cc1C(c1ccc(Cl)cc1S(=O)(=O)O)c1cc(Cl)cc(Cl)c1OCC.[Na+]. The smallest absolute Gasteiger partial charge is 0.492 e. The summed E-state index contributed by atoms with van der Waals surface area (Å²) in [7, 11) is -4.71. The molecule has 0 amide bonds. The molecule has 0 radical (unpaired) electrons. The molecule has 0 aromatic heterocycles. The molecule has 0 saturated carbocycles. The van der Waals surface area contributed by atoms with E-state index in [1.807, 2.05) is 0 Å². The van der Waals surface area contributed by atoms with Crippen LogP contribution in [0.1, 0.15) is 36.5 Å². The normalized spacial score (nSPS) is 11.3. The Hall–Kier alpha value is -0.380. The van der Waals surface area contributed by atoms with Crippen LogP contribution in [0.2, 0.25) is 25.1 Å². The molecule has 182 valence electrons. The minimum atomic E-state index is -4.71. The van der Waals surface area contributed by atoms with Crippen molar-refractivity contribution in [3.8, 4) is 11.5 Å². The van der Waals surface area contributed by atoms with Gasteiger partial charge in [0.2, 0.25) is 0 Å². The first-order chi connectivity index (χ1) is 16.0. The predicted octanol–water partition coefficient (Wildman–Crippen LogP) is 5.18. The number of ether oxygens (including phenoxy) is 2. The predicted molar refractivity (Wildman–Crippen MR) is 137 cm³/mol. The van der Waals surface area contributed by atoms with Gasteiger partial charge in [0.25, 0.3) is 10.1 Å². The second-order valence-electron chi connectivity index (χ2n) is 7.07. The van der Waals surface area contributed by atoms with Crippen molar-refractivity contribution < 1.29 is 52.0 Å². The zero-order valence-electron chi connectivity index (χ0n) is 18.9. The maximum atomic E-state index is 12.4. The van der Waals surface area contributed by atoms with E-state index in [9.17, 15) is 13.0 Å². The van der Waals surface area contributed by atoms with Crippen LogP contribution in [0.3, 0.4) is 0 Å². The van der Waals surface area contributed by atoms with Gasteiger partial charge < -0.3 is 9.47 Å². The summed E-state index contributed by atoms with van der Waals surface area (Å²) < 4.78 is 46.5. The van der Waals surface area contributed by atoms with E-state index in [1.165, 1.54) is 24.3 Å². The van der Waals surface area contributed by atoms with Crippen LogP contribution in [-0.2, 0) is 10.1 Å². The van der Waals surface area contributed by atoms with Gasteiger partial charge in [0.1, 0.15) is 11.5 Å². The van der Waals surface area contributed by atoms with Crippen molar-refractivity contribution >= 4 is 68.1 Å². The van der Waals surface area contributed by atoms with Crippen LogP contribution in [0.4, 0.5) is 0 Å². The van der Waals surface area contributed by atoms with E-state index in [4.69, 9.17) is 67.5 Å². The summed E-state index contributed by atoms with van der Waals surface area (Å²) in [6, 6.07) is 10.3. The fourth-order valence-corrected chi connectivity index (χ4v) is 5.78. The average Bonchev–Trinajstić information content (AvgIpc) is 2.73. The molecule has 0 bridgehead atoms. The largest absolute Gasteiger partial charge is 1.00 e. The topological polar surface area (TPSA) is 72.8 Å². The first-order valence-electron chi connectivity index (χ1n) is 9.98. The van der Waals surface area contributed by atoms with Gasteiger partial charge in [-0.3, -0.25) is 4.55 Å². The Morgan fingerprint density at radius 1 is 0.743 bits per heavy atom. The standard InChI is InChI=1S/C23H19Cl5O5S.Na/c1-3-32-22-16(7-13(25)9-18(22)27)21(15-6-5-12(24)11-20(15)34(29,30)31)17-8-14(26)10-19(28)23(17)33-4-2;/h5-11,21H,3-4H2,1-2H3,(H,29,30,31);/q;+1. The minimum Gasteiger partial charge on any atom is -0.492 e. The summed E-state index contributed by atoms with van der Waals surface area (Å²) in [6.45, 7) is 4.08. The summed E-state index contributed by atoms with van der Waals surface area (Å²) in [5.41, 5.74) is 0.974. The molecule has 0 saturated heterocycles. The quantitative estimate of drug-likeness (QED) is 0.217. The van der Waals surface area contributed by atoms with E-state index in [1.54, 1.807) is 26.0 Å². The Labute approximate surface area is 251 Å². The van der Waals surface area contributed by atoms with E-state index in [0.717, 1.165) is 6.07 Å². The second-order valence-corrected chi connectivity index (χ2v) is 10.6. The molecular weight excluding hydrogens is 589 g/mol. The van der Waals surface area contributed by atoms with Crippen LogP contribution in [-0.4, -0.2) is 26.2 Å². The molecule has 3 aromatic rings. The van der Waals surface area contributed by atoms with E-state index >= 15 is 0 Å². The second kappa shape index (κ2) is 12.9. The fraction of sp³-hybridized carbons (Fsp3) is 0.217. The molecule has 1 N–H and O–H groups in total. The van der Waals surface area contributed by atoms with Crippen molar-refractivity contribution in [3.05, 3.63) is 84.3 Å². The summed E-state index contributed by atoms with van der Waals surface area (Å²) in [5.74, 6) is -0.397. The molecular formula is C23H19Cl5NaO5S+. The first kappa shape index (κ1) is 30.8. The van der Waals surface area contributed by atoms with Crippen LogP contribution in [0.5, 0.6) is 11.5 Å². The third kappa shape index (κ3) is 7.14. The first-order valence-corrected chi connectivity index (χ1v) is 13.3. The van der Waals surface area contributed by atoms with Crippen molar-refractivity contribution in [2.24, 2.45) is 0 Å². The zero-order chi connectivity index (χ0) is 25.2. The van der Waals surface area contributed by atoms with Gasteiger partial charge in [-0.05, 0) is 55.8 Å². The Balaban J connectivity index is 0.00000432. The Kier molecular flexibility index (Phi) is 11.4. The molecule has 12 heteroatoms. The molecule has 3 rings (SSSR count). The van der Waals surface area contributed by atoms with Crippen LogP contribution in [0.25, 0.3) is 0 Å². The van der Waals surface area contributed by atoms with Crippen molar-refractivity contribution in [3.63, 3.8) is 0 Å². The zero-order valence-corrected chi connectivity index (χ0v) is 25.5. The summed E-state index contributed by atoms with van der Waals surface area (Å²) >= 11 is 31.7. The molecule has 0 unspecified atom stereocenters. The van der Waals surface area contributed by atoms with Crippen LogP contribution in [0, 0.1) is 0 Å². The average molecular weight is 608 g/mol. The van der Waals surface area contributed by atoms with Crippen molar-refractivity contribution in [2.45, 2.75) is 24.7 Å². The van der Waals surface area contributed by atoms with E-state index in [0.29, 0.717) is 11.1 Å². The van der Waals surface area contributed by atoms with Crippen molar-refractivity contribution in [1.82, 2.24) is 0 Å². The van der Waals surface area contributed by atoms with Gasteiger partial charge in [-0.2, -0.15) is 8.42 Å². The number of hydrogen-bond acceptors (Lipinski definition) is 4. The molecule has 0 aliphatic heterocycles. The van der Waals surface area contributed by atoms with Gasteiger partial charge in [-0.1, -0.05) is 64.1 Å². The minimum absolute atomic E-state index is 0. The molecule has 35 heavy (non-hydrogen) atoms. The van der Waals surface area contributed by atoms with Crippen molar-refractivity contribution in [2.75, 3.05) is 13.2 Å². The number of rotatable bonds is 8. The van der Waals surface area contributed by atoms with Gasteiger partial charge in [-0.15, -0.1) is 0 Å². The summed E-state index contributed by atoms with van der Waals surface area (Å²) in [5, 5.41) is 1.09. The van der Waals surface area contributed by atoms with Gasteiger partial charge in [0.05, 0.1) is 28.2 Å². The van der Waals surface area contributed by atoms with Gasteiger partial charge in [0, 0.05) is 32.1 Å². The molecule has 5 nitrogen and oxygen atoms in total. The fourth-order valence-electron chi connectivity index (χ4n) is 3.66. The maximum Gasteiger partial charge on any atom is 1.00 e. The van der Waals surface area contributed by atoms with Crippen LogP contribution < -0.4 is 39.0 Å². The number of benzene rings is 3. The monoisotopic (exact) mass is 605 g/mol. The number of hydrogen-bond donors (Lipinski definition) is 1. The Bertz CT molecular complexity index is 1270. The molecule has 0 spiro atoms. The molecule has 0 aliphatic carbocycles. The van der Waals surface area contributed by atoms with E-state index < -0.39 is 20.9 Å². The summed E-state index contributed by atoms with van der Waals surface area (Å²) in [6.07, 6.45) is 0. The van der Waals surface area contributed by atoms with Gasteiger partial charge in [-0.25, -0.2) is 0 Å². The third-order valence-corrected chi connectivity index (χ3v) is 6.98. The molecule has 0 atom stereocenters. The Morgan fingerprint density at radius 3 is 1.60 bits per heavy atom. The molecule has 0 fully saturated rings. The summed E-state index contributed by atoms with van der Waals surface area (Å²) in [4.78, 5) is -0.415. The van der Waals surface area contributed by atoms with Crippen LogP contribution in [0.15, 0.2) is 47.4 Å².